The molecule has 2 aromatic rings. The maximum Gasteiger partial charge on any atom is 0.313 e. The quantitative estimate of drug-likeness (QED) is 0.798. The van der Waals surface area contributed by atoms with E-state index in [1.807, 2.05) is 38.1 Å². The zero-order valence-electron chi connectivity index (χ0n) is 13.0. The number of amides is 1. The molecule has 0 aliphatic rings. The Labute approximate surface area is 143 Å². The van der Waals surface area contributed by atoms with Crippen LogP contribution >= 0.6 is 23.1 Å². The predicted octanol–water partition coefficient (Wildman–Crippen LogP) is 3.58. The van der Waals surface area contributed by atoms with Crippen molar-refractivity contribution in [3.8, 4) is 0 Å². The highest BCUT2D eigenvalue weighted by Gasteiger charge is 2.14. The number of aryl methyl sites for hydroxylation is 2. The third-order valence-corrected chi connectivity index (χ3v) is 5.32. The molecule has 0 radical (unpaired) electrons. The molecule has 1 aromatic heterocycles. The Bertz CT molecular complexity index is 713. The summed E-state index contributed by atoms with van der Waals surface area (Å²) in [5, 5.41) is 12.5. The van der Waals surface area contributed by atoms with Crippen LogP contribution in [0, 0.1) is 6.92 Å². The number of hydrogen-bond donors (Lipinski definition) is 2. The van der Waals surface area contributed by atoms with Crippen molar-refractivity contribution >= 4 is 40.7 Å². The van der Waals surface area contributed by atoms with Crippen molar-refractivity contribution in [2.75, 3.05) is 11.1 Å². The summed E-state index contributed by atoms with van der Waals surface area (Å²) in [6, 6.07) is 7.45. The van der Waals surface area contributed by atoms with E-state index >= 15 is 0 Å². The number of benzene rings is 1. The predicted molar refractivity (Wildman–Crippen MR) is 94.4 cm³/mol. The molecule has 0 spiro atoms. The normalized spacial score (nSPS) is 10.5. The van der Waals surface area contributed by atoms with Gasteiger partial charge in [0.05, 0.1) is 16.5 Å². The summed E-state index contributed by atoms with van der Waals surface area (Å²) in [6.45, 7) is 3.85. The minimum atomic E-state index is -0.827. The molecule has 1 aromatic carbocycles. The molecule has 0 aliphatic heterocycles. The number of hydrogen-bond acceptors (Lipinski definition) is 5. The lowest BCUT2D eigenvalue weighted by Gasteiger charge is -2.06. The van der Waals surface area contributed by atoms with Crippen LogP contribution < -0.4 is 5.32 Å². The fourth-order valence-electron chi connectivity index (χ4n) is 2.00. The number of carboxylic acid groups (broad SMARTS) is 1. The van der Waals surface area contributed by atoms with Gasteiger partial charge in [0.15, 0.2) is 0 Å². The highest BCUT2D eigenvalue weighted by atomic mass is 32.2. The van der Waals surface area contributed by atoms with Crippen molar-refractivity contribution in [3.63, 3.8) is 0 Å². The molecule has 122 valence electrons. The lowest BCUT2D eigenvalue weighted by molar-refractivity contribution is -0.133. The minimum Gasteiger partial charge on any atom is -0.481 e. The number of nitrogens with one attached hydrogen (secondary N) is 1. The maximum atomic E-state index is 12.4. The van der Waals surface area contributed by atoms with Crippen molar-refractivity contribution in [1.29, 1.82) is 0 Å². The molecule has 0 bridgehead atoms. The highest BCUT2D eigenvalue weighted by molar-refractivity contribution is 7.99. The molecule has 2 rings (SSSR count). The number of thioether (sulfide) groups is 1. The van der Waals surface area contributed by atoms with Gasteiger partial charge in [0.25, 0.3) is 5.91 Å². The van der Waals surface area contributed by atoms with Gasteiger partial charge in [-0.1, -0.05) is 19.1 Å². The van der Waals surface area contributed by atoms with Crippen LogP contribution in [0.3, 0.4) is 0 Å². The van der Waals surface area contributed by atoms with Gasteiger partial charge in [-0.15, -0.1) is 23.1 Å². The fourth-order valence-corrected chi connectivity index (χ4v) is 3.59. The maximum absolute atomic E-state index is 12.4. The monoisotopic (exact) mass is 350 g/mol. The van der Waals surface area contributed by atoms with E-state index in [-0.39, 0.29) is 11.7 Å². The molecule has 23 heavy (non-hydrogen) atoms. The van der Waals surface area contributed by atoms with E-state index in [0.29, 0.717) is 16.3 Å². The van der Waals surface area contributed by atoms with Crippen molar-refractivity contribution < 1.29 is 14.7 Å². The summed E-state index contributed by atoms with van der Waals surface area (Å²) in [6.07, 6.45) is 0.815. The van der Waals surface area contributed by atoms with Crippen LogP contribution in [0.1, 0.15) is 32.9 Å². The molecule has 7 heteroatoms. The van der Waals surface area contributed by atoms with Crippen LogP contribution in [0.5, 0.6) is 0 Å². The molecule has 5 nitrogen and oxygen atoms in total. The molecule has 0 fully saturated rings. The summed E-state index contributed by atoms with van der Waals surface area (Å²) in [5.41, 5.74) is 2.43. The molecule has 0 unspecified atom stereocenters. The van der Waals surface area contributed by atoms with E-state index in [1.165, 1.54) is 23.1 Å². The van der Waals surface area contributed by atoms with E-state index in [0.717, 1.165) is 22.7 Å². The summed E-state index contributed by atoms with van der Waals surface area (Å²) in [7, 11) is 0. The standard InChI is InChI=1S/C16H18N2O3S2/c1-3-13-17-10(2)15(23-13)16(21)18-12-6-4-5-11(7-12)8-22-9-14(19)20/h4-7H,3,8-9H2,1-2H3,(H,18,21)(H,19,20). The minimum absolute atomic E-state index is 0.0659. The van der Waals surface area contributed by atoms with E-state index in [2.05, 4.69) is 10.3 Å². The van der Waals surface area contributed by atoms with Crippen LogP contribution in [0.15, 0.2) is 24.3 Å². The Morgan fingerprint density at radius 3 is 2.83 bits per heavy atom. The number of rotatable bonds is 7. The Balaban J connectivity index is 2.03. The first kappa shape index (κ1) is 17.5. The van der Waals surface area contributed by atoms with E-state index < -0.39 is 5.97 Å². The summed E-state index contributed by atoms with van der Waals surface area (Å²) >= 11 is 2.74. The summed E-state index contributed by atoms with van der Waals surface area (Å²) < 4.78 is 0. The summed E-state index contributed by atoms with van der Waals surface area (Å²) in [4.78, 5) is 27.9. The van der Waals surface area contributed by atoms with Gasteiger partial charge in [-0.3, -0.25) is 9.59 Å². The molecule has 0 atom stereocenters. The molecule has 0 saturated carbocycles. The van der Waals surface area contributed by atoms with E-state index in [4.69, 9.17) is 5.11 Å². The number of aromatic nitrogens is 1. The number of nitrogens with zero attached hydrogens (tertiary/aromatic N) is 1. The van der Waals surface area contributed by atoms with E-state index in [1.54, 1.807) is 0 Å². The average Bonchev–Trinajstić information content (AvgIpc) is 2.88. The highest BCUT2D eigenvalue weighted by Crippen LogP contribution is 2.21. The number of thiazole rings is 1. The van der Waals surface area contributed by atoms with Gasteiger partial charge in [-0.2, -0.15) is 0 Å². The largest absolute Gasteiger partial charge is 0.481 e. The number of anilines is 1. The van der Waals surface area contributed by atoms with Crippen molar-refractivity contribution in [2.45, 2.75) is 26.0 Å². The second-order valence-electron chi connectivity index (χ2n) is 4.92. The van der Waals surface area contributed by atoms with Crippen LogP contribution in [-0.2, 0) is 17.0 Å². The number of carbonyl (C=O) groups is 2. The number of carboxylic acids is 1. The smallest absolute Gasteiger partial charge is 0.313 e. The van der Waals surface area contributed by atoms with Gasteiger partial charge >= 0.3 is 5.97 Å². The zero-order chi connectivity index (χ0) is 16.8. The molecule has 0 aliphatic carbocycles. The molecule has 1 amide bonds. The zero-order valence-corrected chi connectivity index (χ0v) is 14.6. The molecule has 2 N–H and O–H groups in total. The summed E-state index contributed by atoms with van der Waals surface area (Å²) in [5.74, 6) is -0.326. The van der Waals surface area contributed by atoms with Crippen LogP contribution in [-0.4, -0.2) is 27.7 Å². The van der Waals surface area contributed by atoms with Crippen molar-refractivity contribution in [3.05, 3.63) is 45.4 Å². The third-order valence-electron chi connectivity index (χ3n) is 3.03. The number of aliphatic carboxylic acids is 1. The van der Waals surface area contributed by atoms with Gasteiger partial charge < -0.3 is 10.4 Å². The topological polar surface area (TPSA) is 79.3 Å². The fraction of sp³-hybridized carbons (Fsp3) is 0.312. The van der Waals surface area contributed by atoms with Crippen LogP contribution in [0.25, 0.3) is 0 Å². The lowest BCUT2D eigenvalue weighted by atomic mass is 10.2. The molecule has 0 saturated heterocycles. The molecular formula is C16H18N2O3S2. The average molecular weight is 350 g/mol. The first-order chi connectivity index (χ1) is 11.0. The SMILES string of the molecule is CCc1nc(C)c(C(=O)Nc2cccc(CSCC(=O)O)c2)s1. The van der Waals surface area contributed by atoms with E-state index in [9.17, 15) is 9.59 Å². The second kappa shape index (κ2) is 8.12. The van der Waals surface area contributed by atoms with Gasteiger partial charge in [0.1, 0.15) is 4.88 Å². The third kappa shape index (κ3) is 5.07. The van der Waals surface area contributed by atoms with Gasteiger partial charge in [0.2, 0.25) is 0 Å². The van der Waals surface area contributed by atoms with Crippen LogP contribution in [0.4, 0.5) is 5.69 Å². The second-order valence-corrected chi connectivity index (χ2v) is 6.99. The van der Waals surface area contributed by atoms with Gasteiger partial charge in [0, 0.05) is 11.4 Å². The first-order valence-electron chi connectivity index (χ1n) is 7.15. The van der Waals surface area contributed by atoms with Crippen molar-refractivity contribution in [1.82, 2.24) is 4.98 Å². The van der Waals surface area contributed by atoms with Gasteiger partial charge in [-0.05, 0) is 31.0 Å². The Morgan fingerprint density at radius 1 is 1.39 bits per heavy atom. The van der Waals surface area contributed by atoms with Gasteiger partial charge in [-0.25, -0.2) is 4.98 Å². The van der Waals surface area contributed by atoms with Crippen LogP contribution in [0.2, 0.25) is 0 Å². The first-order valence-corrected chi connectivity index (χ1v) is 9.12. The molecule has 1 heterocycles. The number of carbonyl (C=O) groups excluding carboxylic acids is 1. The lowest BCUT2D eigenvalue weighted by Crippen LogP contribution is -2.11. The Morgan fingerprint density at radius 2 is 2.17 bits per heavy atom. The Kier molecular flexibility index (Phi) is 6.18. The molecular weight excluding hydrogens is 332 g/mol. The van der Waals surface area contributed by atoms with Crippen molar-refractivity contribution in [2.24, 2.45) is 0 Å². The Hall–Kier alpha value is -1.86.